The van der Waals surface area contributed by atoms with Gasteiger partial charge in [0.05, 0.1) is 6.20 Å². The zero-order valence-corrected chi connectivity index (χ0v) is 10.9. The van der Waals surface area contributed by atoms with E-state index in [9.17, 15) is 0 Å². The van der Waals surface area contributed by atoms with Gasteiger partial charge in [0, 0.05) is 30.5 Å². The number of hydrogen-bond donors (Lipinski definition) is 1. The van der Waals surface area contributed by atoms with Crippen molar-refractivity contribution in [1.29, 1.82) is 0 Å². The molecule has 0 spiro atoms. The molecule has 0 aliphatic rings. The predicted molar refractivity (Wildman–Crippen MR) is 71.2 cm³/mol. The Labute approximate surface area is 102 Å². The van der Waals surface area contributed by atoms with Gasteiger partial charge in [-0.05, 0) is 38.0 Å². The highest BCUT2D eigenvalue weighted by Crippen LogP contribution is 2.19. The number of anilines is 1. The number of rotatable bonds is 3. The molecule has 0 unspecified atom stereocenters. The average molecular weight is 229 g/mol. The molecule has 0 bridgehead atoms. The van der Waals surface area contributed by atoms with Crippen LogP contribution in [0.25, 0.3) is 0 Å². The summed E-state index contributed by atoms with van der Waals surface area (Å²) in [4.78, 5) is 0. The van der Waals surface area contributed by atoms with E-state index >= 15 is 0 Å². The van der Waals surface area contributed by atoms with Crippen molar-refractivity contribution in [2.24, 2.45) is 7.05 Å². The molecule has 17 heavy (non-hydrogen) atoms. The highest BCUT2D eigenvalue weighted by molar-refractivity contribution is 5.53. The summed E-state index contributed by atoms with van der Waals surface area (Å²) >= 11 is 0. The minimum atomic E-state index is 0.823. The third-order valence-corrected chi connectivity index (χ3v) is 3.41. The van der Waals surface area contributed by atoms with E-state index in [1.807, 2.05) is 17.9 Å². The van der Waals surface area contributed by atoms with Gasteiger partial charge < -0.3 is 5.32 Å². The second-order valence-electron chi connectivity index (χ2n) is 4.48. The molecule has 0 saturated heterocycles. The van der Waals surface area contributed by atoms with Crippen LogP contribution >= 0.6 is 0 Å². The van der Waals surface area contributed by atoms with Gasteiger partial charge in [0.2, 0.25) is 0 Å². The molecule has 90 valence electrons. The minimum Gasteiger partial charge on any atom is -0.381 e. The number of nitrogens with one attached hydrogen (secondary N) is 1. The van der Waals surface area contributed by atoms with Crippen LogP contribution in [0.2, 0.25) is 0 Å². The first-order valence-corrected chi connectivity index (χ1v) is 5.87. The van der Waals surface area contributed by atoms with Gasteiger partial charge in [0.15, 0.2) is 0 Å². The van der Waals surface area contributed by atoms with Crippen LogP contribution in [-0.4, -0.2) is 9.78 Å². The Kier molecular flexibility index (Phi) is 3.18. The highest BCUT2D eigenvalue weighted by atomic mass is 15.3. The van der Waals surface area contributed by atoms with E-state index in [1.165, 1.54) is 28.1 Å². The maximum atomic E-state index is 4.25. The average Bonchev–Trinajstić information content (AvgIpc) is 2.62. The minimum absolute atomic E-state index is 0.823. The smallest absolute Gasteiger partial charge is 0.0542 e. The summed E-state index contributed by atoms with van der Waals surface area (Å²) in [5, 5.41) is 7.72. The molecule has 1 N–H and O–H groups in total. The first-order chi connectivity index (χ1) is 8.09. The third-order valence-electron chi connectivity index (χ3n) is 3.41. The summed E-state index contributed by atoms with van der Waals surface area (Å²) in [6, 6.07) is 6.34. The summed E-state index contributed by atoms with van der Waals surface area (Å²) in [6.07, 6.45) is 1.92. The second kappa shape index (κ2) is 4.62. The Balaban J connectivity index is 2.13. The molecular weight excluding hydrogens is 210 g/mol. The van der Waals surface area contributed by atoms with E-state index in [0.717, 1.165) is 6.54 Å². The lowest BCUT2D eigenvalue weighted by Gasteiger charge is -2.11. The van der Waals surface area contributed by atoms with Gasteiger partial charge in [0.25, 0.3) is 0 Å². The van der Waals surface area contributed by atoms with Crippen molar-refractivity contribution in [3.63, 3.8) is 0 Å². The van der Waals surface area contributed by atoms with E-state index in [0.29, 0.717) is 0 Å². The van der Waals surface area contributed by atoms with Crippen molar-refractivity contribution >= 4 is 5.69 Å². The first kappa shape index (κ1) is 11.7. The van der Waals surface area contributed by atoms with Gasteiger partial charge in [-0.25, -0.2) is 0 Å². The van der Waals surface area contributed by atoms with Crippen LogP contribution in [0.1, 0.15) is 22.4 Å². The van der Waals surface area contributed by atoms with Crippen LogP contribution in [-0.2, 0) is 13.6 Å². The molecule has 0 atom stereocenters. The van der Waals surface area contributed by atoms with Crippen LogP contribution in [0, 0.1) is 20.8 Å². The van der Waals surface area contributed by atoms with Crippen molar-refractivity contribution in [3.05, 3.63) is 46.8 Å². The summed E-state index contributed by atoms with van der Waals surface area (Å²) < 4.78 is 1.90. The first-order valence-electron chi connectivity index (χ1n) is 5.87. The molecule has 0 aliphatic heterocycles. The van der Waals surface area contributed by atoms with Crippen LogP contribution in [0.3, 0.4) is 0 Å². The third kappa shape index (κ3) is 2.33. The molecule has 0 fully saturated rings. The number of hydrogen-bond acceptors (Lipinski definition) is 2. The Bertz CT molecular complexity index is 526. The SMILES string of the molecule is Cc1cccc(NCc2cnn(C)c2C)c1C. The fourth-order valence-electron chi connectivity index (χ4n) is 1.85. The summed E-state index contributed by atoms with van der Waals surface area (Å²) in [5.74, 6) is 0. The molecule has 0 amide bonds. The topological polar surface area (TPSA) is 29.9 Å². The van der Waals surface area contributed by atoms with E-state index in [2.05, 4.69) is 49.4 Å². The lowest BCUT2D eigenvalue weighted by atomic mass is 10.1. The van der Waals surface area contributed by atoms with Gasteiger partial charge >= 0.3 is 0 Å². The lowest BCUT2D eigenvalue weighted by Crippen LogP contribution is -2.03. The van der Waals surface area contributed by atoms with Crippen LogP contribution < -0.4 is 5.32 Å². The monoisotopic (exact) mass is 229 g/mol. The van der Waals surface area contributed by atoms with Crippen LogP contribution in [0.5, 0.6) is 0 Å². The molecule has 0 aliphatic carbocycles. The molecule has 1 aromatic carbocycles. The quantitative estimate of drug-likeness (QED) is 0.877. The summed E-state index contributed by atoms with van der Waals surface area (Å²) in [7, 11) is 1.97. The van der Waals surface area contributed by atoms with Crippen molar-refractivity contribution in [2.45, 2.75) is 27.3 Å². The van der Waals surface area contributed by atoms with Gasteiger partial charge in [-0.1, -0.05) is 12.1 Å². The van der Waals surface area contributed by atoms with Gasteiger partial charge in [-0.15, -0.1) is 0 Å². The lowest BCUT2D eigenvalue weighted by molar-refractivity contribution is 0.738. The summed E-state index contributed by atoms with van der Waals surface area (Å²) in [6.45, 7) is 7.20. The normalized spacial score (nSPS) is 10.6. The van der Waals surface area contributed by atoms with E-state index < -0.39 is 0 Å². The maximum Gasteiger partial charge on any atom is 0.0542 e. The fourth-order valence-corrected chi connectivity index (χ4v) is 1.85. The van der Waals surface area contributed by atoms with Crippen molar-refractivity contribution in [1.82, 2.24) is 9.78 Å². The Morgan fingerprint density at radius 2 is 2.00 bits per heavy atom. The van der Waals surface area contributed by atoms with Gasteiger partial charge in [0.1, 0.15) is 0 Å². The zero-order chi connectivity index (χ0) is 12.4. The van der Waals surface area contributed by atoms with E-state index in [-0.39, 0.29) is 0 Å². The van der Waals surface area contributed by atoms with Gasteiger partial charge in [-0.2, -0.15) is 5.10 Å². The van der Waals surface area contributed by atoms with Crippen molar-refractivity contribution in [2.75, 3.05) is 5.32 Å². The zero-order valence-electron chi connectivity index (χ0n) is 10.9. The second-order valence-corrected chi connectivity index (χ2v) is 4.48. The van der Waals surface area contributed by atoms with Crippen molar-refractivity contribution in [3.8, 4) is 0 Å². The molecule has 2 rings (SSSR count). The van der Waals surface area contributed by atoms with Gasteiger partial charge in [-0.3, -0.25) is 4.68 Å². The molecule has 2 aromatic rings. The Morgan fingerprint density at radius 1 is 1.24 bits per heavy atom. The van der Waals surface area contributed by atoms with E-state index in [1.54, 1.807) is 0 Å². The van der Waals surface area contributed by atoms with E-state index in [4.69, 9.17) is 0 Å². The highest BCUT2D eigenvalue weighted by Gasteiger charge is 2.04. The standard InChI is InChI=1S/C14H19N3/c1-10-6-5-7-14(11(10)2)15-8-13-9-16-17(4)12(13)3/h5-7,9,15H,8H2,1-4H3. The number of nitrogens with zero attached hydrogens (tertiary/aromatic N) is 2. The fraction of sp³-hybridized carbons (Fsp3) is 0.357. The Hall–Kier alpha value is -1.77. The maximum absolute atomic E-state index is 4.25. The predicted octanol–water partition coefficient (Wildman–Crippen LogP) is 2.96. The van der Waals surface area contributed by atoms with Crippen molar-refractivity contribution < 1.29 is 0 Å². The Morgan fingerprint density at radius 3 is 2.65 bits per heavy atom. The van der Waals surface area contributed by atoms with Crippen LogP contribution in [0.15, 0.2) is 24.4 Å². The van der Waals surface area contributed by atoms with Crippen LogP contribution in [0.4, 0.5) is 5.69 Å². The molecule has 3 nitrogen and oxygen atoms in total. The molecule has 0 saturated carbocycles. The number of aromatic nitrogens is 2. The molecule has 1 heterocycles. The molecule has 1 aromatic heterocycles. The number of benzene rings is 1. The molecule has 0 radical (unpaired) electrons. The number of aryl methyl sites for hydroxylation is 2. The molecule has 3 heteroatoms. The largest absolute Gasteiger partial charge is 0.381 e. The summed E-state index contributed by atoms with van der Waals surface area (Å²) in [5.41, 5.74) is 6.29. The molecular formula is C14H19N3.